The van der Waals surface area contributed by atoms with Gasteiger partial charge in [-0.2, -0.15) is 13.2 Å². The van der Waals surface area contributed by atoms with Crippen LogP contribution in [0.3, 0.4) is 0 Å². The molecule has 0 aliphatic heterocycles. The van der Waals surface area contributed by atoms with Gasteiger partial charge in [0.25, 0.3) is 0 Å². The van der Waals surface area contributed by atoms with Gasteiger partial charge in [0.1, 0.15) is 0 Å². The highest BCUT2D eigenvalue weighted by atomic mass is 32.2. The lowest BCUT2D eigenvalue weighted by atomic mass is 10.1. The van der Waals surface area contributed by atoms with Crippen LogP contribution >= 0.6 is 0 Å². The van der Waals surface area contributed by atoms with E-state index in [0.717, 1.165) is 12.1 Å². The van der Waals surface area contributed by atoms with Gasteiger partial charge in [-0.05, 0) is 42.0 Å². The predicted octanol–water partition coefficient (Wildman–Crippen LogP) is 3.68. The molecule has 0 saturated heterocycles. The fourth-order valence-corrected chi connectivity index (χ4v) is 3.00. The number of alkyl halides is 3. The van der Waals surface area contributed by atoms with Crippen molar-refractivity contribution in [3.05, 3.63) is 59.7 Å². The van der Waals surface area contributed by atoms with E-state index in [-0.39, 0.29) is 17.1 Å². The van der Waals surface area contributed by atoms with Crippen molar-refractivity contribution in [2.45, 2.75) is 24.4 Å². The van der Waals surface area contributed by atoms with Gasteiger partial charge in [0.05, 0.1) is 22.6 Å². The summed E-state index contributed by atoms with van der Waals surface area (Å²) in [5.41, 5.74) is 0.0760. The number of carbonyl (C=O) groups excluding carboxylic acids is 1. The van der Waals surface area contributed by atoms with Crippen LogP contribution in [0.2, 0.25) is 0 Å². The second kappa shape index (κ2) is 7.26. The number of amides is 1. The molecule has 1 amide bonds. The summed E-state index contributed by atoms with van der Waals surface area (Å²) in [6.07, 6.45) is -4.51. The minimum absolute atomic E-state index is 0.0212. The van der Waals surface area contributed by atoms with Crippen LogP contribution in [0, 0.1) is 0 Å². The zero-order chi connectivity index (χ0) is 18.7. The standard InChI is InChI=1S/C17H16F3NO3S/c1-2-25(23,24)15-9-7-14(8-10-15)21-16(22)11-12-3-5-13(6-4-12)17(18,19)20/h3-10H,2,11H2,1H3,(H,21,22). The zero-order valence-electron chi connectivity index (χ0n) is 13.3. The van der Waals surface area contributed by atoms with Gasteiger partial charge < -0.3 is 5.32 Å². The molecule has 0 aliphatic rings. The van der Waals surface area contributed by atoms with Crippen LogP contribution in [-0.4, -0.2) is 20.1 Å². The molecule has 2 aromatic carbocycles. The molecule has 0 atom stereocenters. The van der Waals surface area contributed by atoms with Crippen LogP contribution in [0.5, 0.6) is 0 Å². The fraction of sp³-hybridized carbons (Fsp3) is 0.235. The summed E-state index contributed by atoms with van der Waals surface area (Å²) in [6.45, 7) is 1.54. The fourth-order valence-electron chi connectivity index (χ4n) is 2.11. The van der Waals surface area contributed by atoms with E-state index in [9.17, 15) is 26.4 Å². The van der Waals surface area contributed by atoms with Crippen molar-refractivity contribution in [2.24, 2.45) is 0 Å². The Hall–Kier alpha value is -2.35. The predicted molar refractivity (Wildman–Crippen MR) is 87.9 cm³/mol. The number of nitrogens with one attached hydrogen (secondary N) is 1. The van der Waals surface area contributed by atoms with E-state index in [1.165, 1.54) is 43.3 Å². The van der Waals surface area contributed by atoms with E-state index in [4.69, 9.17) is 0 Å². The van der Waals surface area contributed by atoms with E-state index in [1.54, 1.807) is 0 Å². The van der Waals surface area contributed by atoms with Crippen LogP contribution in [0.25, 0.3) is 0 Å². The Labute approximate surface area is 143 Å². The number of hydrogen-bond acceptors (Lipinski definition) is 3. The average Bonchev–Trinajstić information content (AvgIpc) is 2.55. The molecule has 25 heavy (non-hydrogen) atoms. The van der Waals surface area contributed by atoms with Crippen molar-refractivity contribution in [2.75, 3.05) is 11.1 Å². The van der Waals surface area contributed by atoms with Crippen LogP contribution < -0.4 is 5.32 Å². The number of halogens is 3. The Bertz CT molecular complexity index is 842. The van der Waals surface area contributed by atoms with E-state index < -0.39 is 27.5 Å². The molecule has 134 valence electrons. The third kappa shape index (κ3) is 5.06. The minimum atomic E-state index is -4.42. The van der Waals surface area contributed by atoms with Gasteiger partial charge in [0, 0.05) is 5.69 Å². The summed E-state index contributed by atoms with van der Waals surface area (Å²) in [4.78, 5) is 12.1. The van der Waals surface area contributed by atoms with Crippen molar-refractivity contribution >= 4 is 21.4 Å². The van der Waals surface area contributed by atoms with E-state index >= 15 is 0 Å². The number of benzene rings is 2. The maximum absolute atomic E-state index is 12.5. The molecule has 4 nitrogen and oxygen atoms in total. The second-order valence-corrected chi connectivity index (χ2v) is 7.63. The summed E-state index contributed by atoms with van der Waals surface area (Å²) in [5.74, 6) is -0.432. The van der Waals surface area contributed by atoms with Crippen LogP contribution in [0.15, 0.2) is 53.4 Å². The van der Waals surface area contributed by atoms with Gasteiger partial charge in [-0.15, -0.1) is 0 Å². The summed E-state index contributed by atoms with van der Waals surface area (Å²) in [5, 5.41) is 2.58. The van der Waals surface area contributed by atoms with Crippen LogP contribution in [0.1, 0.15) is 18.1 Å². The van der Waals surface area contributed by atoms with Crippen molar-refractivity contribution in [1.29, 1.82) is 0 Å². The topological polar surface area (TPSA) is 63.2 Å². The molecule has 0 saturated carbocycles. The Morgan fingerprint density at radius 2 is 1.56 bits per heavy atom. The number of rotatable bonds is 5. The number of carbonyl (C=O) groups is 1. The van der Waals surface area contributed by atoms with Crippen molar-refractivity contribution < 1.29 is 26.4 Å². The zero-order valence-corrected chi connectivity index (χ0v) is 14.1. The first kappa shape index (κ1) is 19.0. The first-order valence-electron chi connectivity index (χ1n) is 7.40. The first-order chi connectivity index (χ1) is 11.6. The molecular weight excluding hydrogens is 355 g/mol. The molecule has 0 fully saturated rings. The maximum Gasteiger partial charge on any atom is 0.416 e. The number of anilines is 1. The smallest absolute Gasteiger partial charge is 0.326 e. The first-order valence-corrected chi connectivity index (χ1v) is 9.06. The Morgan fingerprint density at radius 3 is 2.04 bits per heavy atom. The lowest BCUT2D eigenvalue weighted by Crippen LogP contribution is -2.15. The van der Waals surface area contributed by atoms with E-state index in [1.807, 2.05) is 0 Å². The van der Waals surface area contributed by atoms with Gasteiger partial charge in [-0.25, -0.2) is 8.42 Å². The summed E-state index contributed by atoms with van der Waals surface area (Å²) in [6, 6.07) is 10.1. The largest absolute Gasteiger partial charge is 0.416 e. The van der Waals surface area contributed by atoms with Gasteiger partial charge in [0.2, 0.25) is 5.91 Å². The van der Waals surface area contributed by atoms with Gasteiger partial charge in [0.15, 0.2) is 9.84 Å². The quantitative estimate of drug-likeness (QED) is 0.872. The second-order valence-electron chi connectivity index (χ2n) is 5.35. The SMILES string of the molecule is CCS(=O)(=O)c1ccc(NC(=O)Cc2ccc(C(F)(F)F)cc2)cc1. The molecule has 8 heteroatoms. The van der Waals surface area contributed by atoms with Crippen LogP contribution in [0.4, 0.5) is 18.9 Å². The number of hydrogen-bond donors (Lipinski definition) is 1. The lowest BCUT2D eigenvalue weighted by molar-refractivity contribution is -0.137. The number of sulfone groups is 1. The van der Waals surface area contributed by atoms with Crippen molar-refractivity contribution in [1.82, 2.24) is 0 Å². The van der Waals surface area contributed by atoms with E-state index in [0.29, 0.717) is 11.3 Å². The van der Waals surface area contributed by atoms with Gasteiger partial charge in [-0.3, -0.25) is 4.79 Å². The summed E-state index contributed by atoms with van der Waals surface area (Å²) >= 11 is 0. The van der Waals surface area contributed by atoms with Crippen LogP contribution in [-0.2, 0) is 27.2 Å². The average molecular weight is 371 g/mol. The Kier molecular flexibility index (Phi) is 5.52. The van der Waals surface area contributed by atoms with Crippen molar-refractivity contribution in [3.63, 3.8) is 0 Å². The van der Waals surface area contributed by atoms with Gasteiger partial charge in [-0.1, -0.05) is 19.1 Å². The third-order valence-electron chi connectivity index (χ3n) is 3.52. The van der Waals surface area contributed by atoms with E-state index in [2.05, 4.69) is 5.32 Å². The highest BCUT2D eigenvalue weighted by Gasteiger charge is 2.29. The highest BCUT2D eigenvalue weighted by Crippen LogP contribution is 2.29. The summed E-state index contributed by atoms with van der Waals surface area (Å²) < 4.78 is 60.9. The van der Waals surface area contributed by atoms with Gasteiger partial charge >= 0.3 is 6.18 Å². The highest BCUT2D eigenvalue weighted by molar-refractivity contribution is 7.91. The molecule has 2 rings (SSSR count). The molecule has 0 aromatic heterocycles. The molecule has 0 spiro atoms. The third-order valence-corrected chi connectivity index (χ3v) is 5.27. The molecule has 2 aromatic rings. The molecule has 0 unspecified atom stereocenters. The Balaban J connectivity index is 2.01. The molecule has 0 heterocycles. The maximum atomic E-state index is 12.5. The summed E-state index contributed by atoms with van der Waals surface area (Å²) in [7, 11) is -3.31. The molecule has 0 radical (unpaired) electrons. The molecular formula is C17H16F3NO3S. The van der Waals surface area contributed by atoms with Crippen molar-refractivity contribution in [3.8, 4) is 0 Å². The normalized spacial score (nSPS) is 12.0. The lowest BCUT2D eigenvalue weighted by Gasteiger charge is -2.09. The molecule has 0 aliphatic carbocycles. The molecule has 1 N–H and O–H groups in total. The minimum Gasteiger partial charge on any atom is -0.326 e. The Morgan fingerprint density at radius 1 is 1.00 bits per heavy atom. The monoisotopic (exact) mass is 371 g/mol. The molecule has 0 bridgehead atoms.